The monoisotopic (exact) mass is 287 g/mol. The lowest BCUT2D eigenvalue weighted by Crippen LogP contribution is -2.37. The molecular weight excluding hydrogens is 274 g/mol. The number of aromatic nitrogens is 3. The summed E-state index contributed by atoms with van der Waals surface area (Å²) in [6, 6.07) is 6.32. The van der Waals surface area contributed by atoms with Crippen molar-refractivity contribution in [2.75, 3.05) is 0 Å². The molecule has 0 spiro atoms. The Balaban J connectivity index is 2.28. The van der Waals surface area contributed by atoms with Gasteiger partial charge in [0.15, 0.2) is 5.58 Å². The van der Waals surface area contributed by atoms with Crippen molar-refractivity contribution < 1.29 is 4.42 Å². The molecular formula is C14H13N3O4. The van der Waals surface area contributed by atoms with Gasteiger partial charge in [-0.25, -0.2) is 9.59 Å². The lowest BCUT2D eigenvalue weighted by atomic mass is 10.3. The third-order valence-electron chi connectivity index (χ3n) is 3.44. The van der Waals surface area contributed by atoms with Crippen LogP contribution in [0.15, 0.2) is 49.3 Å². The van der Waals surface area contributed by atoms with E-state index in [1.54, 1.807) is 32.2 Å². The van der Waals surface area contributed by atoms with E-state index in [2.05, 4.69) is 0 Å². The molecule has 0 saturated carbocycles. The van der Waals surface area contributed by atoms with Gasteiger partial charge in [-0.2, -0.15) is 0 Å². The fourth-order valence-corrected chi connectivity index (χ4v) is 2.28. The molecule has 0 bridgehead atoms. The van der Waals surface area contributed by atoms with Crippen molar-refractivity contribution in [3.63, 3.8) is 0 Å². The molecule has 0 aliphatic heterocycles. The highest BCUT2D eigenvalue weighted by molar-refractivity contribution is 5.75. The van der Waals surface area contributed by atoms with Crippen LogP contribution >= 0.6 is 0 Å². The van der Waals surface area contributed by atoms with Gasteiger partial charge in [0.1, 0.15) is 0 Å². The Morgan fingerprint density at radius 1 is 1.14 bits per heavy atom. The second-order valence-electron chi connectivity index (χ2n) is 4.63. The Kier molecular flexibility index (Phi) is 2.90. The maximum atomic E-state index is 12.3. The summed E-state index contributed by atoms with van der Waals surface area (Å²) < 4.78 is 8.96. The van der Waals surface area contributed by atoms with Gasteiger partial charge in [0.05, 0.1) is 11.2 Å². The van der Waals surface area contributed by atoms with Crippen LogP contribution in [0, 0.1) is 0 Å². The third kappa shape index (κ3) is 1.94. The highest BCUT2D eigenvalue weighted by Crippen LogP contribution is 2.15. The molecule has 0 amide bonds. The molecule has 0 saturated heterocycles. The van der Waals surface area contributed by atoms with Crippen LogP contribution in [0.1, 0.15) is 6.92 Å². The summed E-state index contributed by atoms with van der Waals surface area (Å²) in [4.78, 5) is 35.3. The van der Waals surface area contributed by atoms with Crippen LogP contribution in [0.4, 0.5) is 0 Å². The minimum absolute atomic E-state index is 0.293. The predicted molar refractivity (Wildman–Crippen MR) is 77.0 cm³/mol. The molecule has 108 valence electrons. The number of hydrogen-bond acceptors (Lipinski definition) is 4. The minimum atomic E-state index is -0.465. The molecule has 2 aromatic heterocycles. The van der Waals surface area contributed by atoms with E-state index in [0.29, 0.717) is 23.3 Å². The second kappa shape index (κ2) is 4.62. The van der Waals surface area contributed by atoms with E-state index in [1.165, 1.54) is 21.4 Å². The van der Waals surface area contributed by atoms with Crippen molar-refractivity contribution in [1.82, 2.24) is 13.7 Å². The molecule has 0 fully saturated rings. The smallest absolute Gasteiger partial charge is 0.408 e. The Bertz CT molecular complexity index is 1000. The van der Waals surface area contributed by atoms with Crippen molar-refractivity contribution in [2.24, 2.45) is 7.05 Å². The first kappa shape index (κ1) is 13.2. The molecule has 7 nitrogen and oxygen atoms in total. The van der Waals surface area contributed by atoms with Gasteiger partial charge in [-0.1, -0.05) is 0 Å². The maximum absolute atomic E-state index is 12.3. The van der Waals surface area contributed by atoms with Crippen molar-refractivity contribution in [1.29, 1.82) is 0 Å². The topological polar surface area (TPSA) is 79.1 Å². The molecule has 0 atom stereocenters. The van der Waals surface area contributed by atoms with E-state index in [-0.39, 0.29) is 5.56 Å². The standard InChI is InChI=1S/C14H13N3O4/c1-3-16-12(18)6-7-17(13(16)19)9-4-5-10-11(8-9)21-14(20)15(10)2/h4-8H,3H2,1-2H3. The number of hydrogen-bond donors (Lipinski definition) is 0. The summed E-state index contributed by atoms with van der Waals surface area (Å²) in [6.07, 6.45) is 1.42. The third-order valence-corrected chi connectivity index (χ3v) is 3.44. The van der Waals surface area contributed by atoms with E-state index < -0.39 is 11.4 Å². The zero-order valence-corrected chi connectivity index (χ0v) is 11.6. The van der Waals surface area contributed by atoms with Gasteiger partial charge in [-0.15, -0.1) is 0 Å². The zero-order valence-electron chi connectivity index (χ0n) is 11.6. The number of oxazole rings is 1. The fraction of sp³-hybridized carbons (Fsp3) is 0.214. The second-order valence-corrected chi connectivity index (χ2v) is 4.63. The van der Waals surface area contributed by atoms with Crippen LogP contribution in [-0.4, -0.2) is 13.7 Å². The lowest BCUT2D eigenvalue weighted by Gasteiger charge is -2.08. The van der Waals surface area contributed by atoms with E-state index in [9.17, 15) is 14.4 Å². The normalized spacial score (nSPS) is 11.1. The van der Waals surface area contributed by atoms with Crippen LogP contribution in [0.5, 0.6) is 0 Å². The summed E-state index contributed by atoms with van der Waals surface area (Å²) in [7, 11) is 1.61. The van der Waals surface area contributed by atoms with Crippen LogP contribution in [0.25, 0.3) is 16.8 Å². The Morgan fingerprint density at radius 3 is 2.62 bits per heavy atom. The van der Waals surface area contributed by atoms with Crippen molar-refractivity contribution in [2.45, 2.75) is 13.5 Å². The van der Waals surface area contributed by atoms with Crippen LogP contribution in [0.2, 0.25) is 0 Å². The van der Waals surface area contributed by atoms with Gasteiger partial charge < -0.3 is 4.42 Å². The minimum Gasteiger partial charge on any atom is -0.408 e. The molecule has 7 heteroatoms. The lowest BCUT2D eigenvalue weighted by molar-refractivity contribution is 0.528. The predicted octanol–water partition coefficient (Wildman–Crippen LogP) is 0.464. The van der Waals surface area contributed by atoms with Crippen molar-refractivity contribution in [3.8, 4) is 5.69 Å². The van der Waals surface area contributed by atoms with Crippen molar-refractivity contribution >= 4 is 11.1 Å². The number of fused-ring (bicyclic) bond motifs is 1. The molecule has 21 heavy (non-hydrogen) atoms. The zero-order chi connectivity index (χ0) is 15.1. The molecule has 0 aliphatic carbocycles. The quantitative estimate of drug-likeness (QED) is 0.686. The molecule has 0 aliphatic rings. The first-order chi connectivity index (χ1) is 10.0. The van der Waals surface area contributed by atoms with Gasteiger partial charge in [0, 0.05) is 31.9 Å². The van der Waals surface area contributed by atoms with Crippen LogP contribution in [-0.2, 0) is 13.6 Å². The van der Waals surface area contributed by atoms with E-state index in [4.69, 9.17) is 4.42 Å². The molecule has 3 rings (SSSR count). The first-order valence-corrected chi connectivity index (χ1v) is 6.45. The number of benzene rings is 1. The van der Waals surface area contributed by atoms with Crippen molar-refractivity contribution in [3.05, 3.63) is 61.9 Å². The molecule has 0 N–H and O–H groups in total. The van der Waals surface area contributed by atoms with Gasteiger partial charge in [-0.05, 0) is 19.1 Å². The molecule has 0 radical (unpaired) electrons. The largest absolute Gasteiger partial charge is 0.419 e. The van der Waals surface area contributed by atoms with Gasteiger partial charge >= 0.3 is 11.4 Å². The Labute approximate surface area is 118 Å². The average Bonchev–Trinajstić information content (AvgIpc) is 2.74. The molecule has 3 aromatic rings. The molecule has 0 unspecified atom stereocenters. The highest BCUT2D eigenvalue weighted by atomic mass is 16.4. The summed E-state index contributed by atoms with van der Waals surface area (Å²) in [5, 5.41) is 0. The van der Waals surface area contributed by atoms with Gasteiger partial charge in [0.25, 0.3) is 5.56 Å². The molecule has 2 heterocycles. The summed E-state index contributed by atoms with van der Waals surface area (Å²) in [5.41, 5.74) is 0.791. The summed E-state index contributed by atoms with van der Waals surface area (Å²) in [5.74, 6) is -0.465. The molecule has 1 aromatic carbocycles. The van der Waals surface area contributed by atoms with Gasteiger partial charge in [-0.3, -0.25) is 18.5 Å². The van der Waals surface area contributed by atoms with Gasteiger partial charge in [0.2, 0.25) is 0 Å². The van der Waals surface area contributed by atoms with Crippen LogP contribution in [0.3, 0.4) is 0 Å². The van der Waals surface area contributed by atoms with E-state index in [1.807, 2.05) is 0 Å². The number of aryl methyl sites for hydroxylation is 1. The Hall–Kier alpha value is -2.83. The first-order valence-electron chi connectivity index (χ1n) is 6.45. The van der Waals surface area contributed by atoms with E-state index >= 15 is 0 Å². The summed E-state index contributed by atoms with van der Waals surface area (Å²) >= 11 is 0. The average molecular weight is 287 g/mol. The number of rotatable bonds is 2. The van der Waals surface area contributed by atoms with E-state index in [0.717, 1.165) is 4.57 Å². The highest BCUT2D eigenvalue weighted by Gasteiger charge is 2.10. The summed E-state index contributed by atoms with van der Waals surface area (Å²) in [6.45, 7) is 2.02. The Morgan fingerprint density at radius 2 is 1.90 bits per heavy atom. The SMILES string of the molecule is CCn1c(=O)ccn(-c2ccc3c(c2)oc(=O)n3C)c1=O. The van der Waals surface area contributed by atoms with Crippen LogP contribution < -0.4 is 17.0 Å². The fourth-order valence-electron chi connectivity index (χ4n) is 2.28. The number of nitrogens with zero attached hydrogens (tertiary/aromatic N) is 3. The maximum Gasteiger partial charge on any atom is 0.419 e.